The van der Waals surface area contributed by atoms with E-state index in [0.29, 0.717) is 18.7 Å². The molecule has 3 nitrogen and oxygen atoms in total. The number of likely N-dealkylation sites (tertiary alicyclic amines) is 1. The molecular formula is C12H13FN2O. The number of nitriles is 1. The minimum atomic E-state index is -0.439. The van der Waals surface area contributed by atoms with Crippen LogP contribution in [0, 0.1) is 17.1 Å². The first-order valence-electron chi connectivity index (χ1n) is 5.28. The molecule has 0 spiro atoms. The Labute approximate surface area is 93.7 Å². The van der Waals surface area contributed by atoms with Crippen molar-refractivity contribution in [3.05, 3.63) is 35.1 Å². The van der Waals surface area contributed by atoms with Gasteiger partial charge in [0.05, 0.1) is 11.7 Å². The smallest absolute Gasteiger partial charge is 0.145 e. The van der Waals surface area contributed by atoms with Crippen molar-refractivity contribution in [1.82, 2.24) is 4.90 Å². The van der Waals surface area contributed by atoms with Gasteiger partial charge in [0, 0.05) is 25.2 Å². The van der Waals surface area contributed by atoms with E-state index >= 15 is 0 Å². The minimum Gasteiger partial charge on any atom is -0.392 e. The lowest BCUT2D eigenvalue weighted by atomic mass is 10.1. The third kappa shape index (κ3) is 2.21. The highest BCUT2D eigenvalue weighted by molar-refractivity contribution is 5.34. The van der Waals surface area contributed by atoms with Crippen LogP contribution in [-0.4, -0.2) is 29.2 Å². The van der Waals surface area contributed by atoms with E-state index in [-0.39, 0.29) is 11.7 Å². The molecule has 1 N–H and O–H groups in total. The lowest BCUT2D eigenvalue weighted by Crippen LogP contribution is -2.22. The van der Waals surface area contributed by atoms with Gasteiger partial charge in [0.15, 0.2) is 0 Å². The third-order valence-electron chi connectivity index (χ3n) is 2.84. The van der Waals surface area contributed by atoms with Crippen LogP contribution in [0.15, 0.2) is 18.2 Å². The molecule has 16 heavy (non-hydrogen) atoms. The van der Waals surface area contributed by atoms with Crippen molar-refractivity contribution >= 4 is 0 Å². The lowest BCUT2D eigenvalue weighted by molar-refractivity contribution is 0.174. The summed E-state index contributed by atoms with van der Waals surface area (Å²) < 4.78 is 13.7. The fraction of sp³-hybridized carbons (Fsp3) is 0.417. The molecule has 2 rings (SSSR count). The second kappa shape index (κ2) is 4.60. The first-order valence-corrected chi connectivity index (χ1v) is 5.28. The van der Waals surface area contributed by atoms with Crippen LogP contribution < -0.4 is 0 Å². The molecule has 0 bridgehead atoms. The summed E-state index contributed by atoms with van der Waals surface area (Å²) in [5.41, 5.74) is 0.602. The SMILES string of the molecule is N#Cc1cccc(CN2CC[C@@H](O)C2)c1F. The molecule has 84 valence electrons. The van der Waals surface area contributed by atoms with E-state index in [2.05, 4.69) is 0 Å². The largest absolute Gasteiger partial charge is 0.392 e. The van der Waals surface area contributed by atoms with Gasteiger partial charge in [0.25, 0.3) is 0 Å². The fourth-order valence-corrected chi connectivity index (χ4v) is 1.98. The topological polar surface area (TPSA) is 47.3 Å². The Morgan fingerprint density at radius 1 is 1.56 bits per heavy atom. The van der Waals surface area contributed by atoms with Crippen LogP contribution in [0.1, 0.15) is 17.5 Å². The van der Waals surface area contributed by atoms with Gasteiger partial charge in [0.1, 0.15) is 11.9 Å². The van der Waals surface area contributed by atoms with E-state index in [1.807, 2.05) is 11.0 Å². The number of benzene rings is 1. The van der Waals surface area contributed by atoms with Crippen LogP contribution in [0.5, 0.6) is 0 Å². The van der Waals surface area contributed by atoms with Gasteiger partial charge >= 0.3 is 0 Å². The predicted octanol–water partition coefficient (Wildman–Crippen LogP) is 1.26. The summed E-state index contributed by atoms with van der Waals surface area (Å²) in [6, 6.07) is 6.66. The van der Waals surface area contributed by atoms with Gasteiger partial charge in [-0.3, -0.25) is 4.90 Å². The Balaban J connectivity index is 2.13. The summed E-state index contributed by atoms with van der Waals surface area (Å²) in [5, 5.41) is 18.1. The van der Waals surface area contributed by atoms with Crippen LogP contribution in [0.3, 0.4) is 0 Å². The maximum Gasteiger partial charge on any atom is 0.145 e. The molecule has 1 heterocycles. The number of β-amino-alcohol motifs (C(OH)–C–C–N with tert-alkyl or cyclic N) is 1. The van der Waals surface area contributed by atoms with Crippen LogP contribution in [0.2, 0.25) is 0 Å². The van der Waals surface area contributed by atoms with Crippen molar-refractivity contribution in [2.24, 2.45) is 0 Å². The molecule has 4 heteroatoms. The van der Waals surface area contributed by atoms with E-state index in [0.717, 1.165) is 13.0 Å². The lowest BCUT2D eigenvalue weighted by Gasteiger charge is -2.15. The molecule has 0 amide bonds. The van der Waals surface area contributed by atoms with Crippen LogP contribution in [-0.2, 0) is 6.54 Å². The Morgan fingerprint density at radius 2 is 2.38 bits per heavy atom. The van der Waals surface area contributed by atoms with Gasteiger partial charge in [-0.05, 0) is 12.5 Å². The quantitative estimate of drug-likeness (QED) is 0.816. The maximum atomic E-state index is 13.7. The number of rotatable bonds is 2. The standard InChI is InChI=1S/C12H13FN2O/c13-12-9(6-14)2-1-3-10(12)7-15-5-4-11(16)8-15/h1-3,11,16H,4-5,7-8H2/t11-/m1/s1. The molecule has 0 radical (unpaired) electrons. The van der Waals surface area contributed by atoms with Crippen LogP contribution in [0.25, 0.3) is 0 Å². The van der Waals surface area contributed by atoms with Crippen LogP contribution in [0.4, 0.5) is 4.39 Å². The molecule has 1 aliphatic rings. The Bertz CT molecular complexity index is 428. The van der Waals surface area contributed by atoms with Gasteiger partial charge in [-0.2, -0.15) is 5.26 Å². The number of halogens is 1. The van der Waals surface area contributed by atoms with Crippen molar-refractivity contribution in [2.45, 2.75) is 19.1 Å². The average Bonchev–Trinajstić information content (AvgIpc) is 2.67. The van der Waals surface area contributed by atoms with Gasteiger partial charge in [0.2, 0.25) is 0 Å². The molecule has 0 aliphatic carbocycles. The van der Waals surface area contributed by atoms with Crippen molar-refractivity contribution in [1.29, 1.82) is 5.26 Å². The van der Waals surface area contributed by atoms with E-state index in [1.165, 1.54) is 6.07 Å². The van der Waals surface area contributed by atoms with E-state index in [9.17, 15) is 9.50 Å². The summed E-state index contributed by atoms with van der Waals surface area (Å²) in [4.78, 5) is 1.99. The zero-order valence-electron chi connectivity index (χ0n) is 8.86. The van der Waals surface area contributed by atoms with Crippen LogP contribution >= 0.6 is 0 Å². The Morgan fingerprint density at radius 3 is 3.00 bits per heavy atom. The highest BCUT2D eigenvalue weighted by atomic mass is 19.1. The molecule has 1 aromatic rings. The first-order chi connectivity index (χ1) is 7.70. The molecule has 1 aliphatic heterocycles. The molecule has 0 unspecified atom stereocenters. The number of hydrogen-bond donors (Lipinski definition) is 1. The second-order valence-corrected chi connectivity index (χ2v) is 4.07. The molecule has 1 aromatic carbocycles. The molecule has 0 saturated carbocycles. The normalized spacial score (nSPS) is 20.9. The molecular weight excluding hydrogens is 207 g/mol. The Hall–Kier alpha value is -1.44. The fourth-order valence-electron chi connectivity index (χ4n) is 1.98. The average molecular weight is 220 g/mol. The van der Waals surface area contributed by atoms with Crippen molar-refractivity contribution < 1.29 is 9.50 Å². The summed E-state index contributed by atoms with van der Waals surface area (Å²) in [6.07, 6.45) is 0.432. The maximum absolute atomic E-state index is 13.7. The number of aliphatic hydroxyl groups excluding tert-OH is 1. The predicted molar refractivity (Wildman–Crippen MR) is 57.0 cm³/mol. The molecule has 1 fully saturated rings. The number of aliphatic hydroxyl groups is 1. The van der Waals surface area contributed by atoms with E-state index < -0.39 is 5.82 Å². The summed E-state index contributed by atoms with van der Waals surface area (Å²) >= 11 is 0. The molecule has 1 atom stereocenters. The summed E-state index contributed by atoms with van der Waals surface area (Å²) in [5.74, 6) is -0.439. The van der Waals surface area contributed by atoms with Gasteiger partial charge in [-0.25, -0.2) is 4.39 Å². The number of hydrogen-bond acceptors (Lipinski definition) is 3. The van der Waals surface area contributed by atoms with Crippen molar-refractivity contribution in [3.63, 3.8) is 0 Å². The van der Waals surface area contributed by atoms with Gasteiger partial charge < -0.3 is 5.11 Å². The third-order valence-corrected chi connectivity index (χ3v) is 2.84. The second-order valence-electron chi connectivity index (χ2n) is 4.07. The van der Waals surface area contributed by atoms with E-state index in [4.69, 9.17) is 5.26 Å². The zero-order valence-corrected chi connectivity index (χ0v) is 8.86. The summed E-state index contributed by atoms with van der Waals surface area (Å²) in [6.45, 7) is 1.81. The van der Waals surface area contributed by atoms with Crippen molar-refractivity contribution in [3.8, 4) is 6.07 Å². The molecule has 1 saturated heterocycles. The van der Waals surface area contributed by atoms with Gasteiger partial charge in [-0.15, -0.1) is 0 Å². The van der Waals surface area contributed by atoms with E-state index in [1.54, 1.807) is 12.1 Å². The monoisotopic (exact) mass is 220 g/mol. The van der Waals surface area contributed by atoms with Gasteiger partial charge in [-0.1, -0.05) is 12.1 Å². The Kier molecular flexibility index (Phi) is 3.18. The zero-order chi connectivity index (χ0) is 11.5. The highest BCUT2D eigenvalue weighted by Gasteiger charge is 2.21. The highest BCUT2D eigenvalue weighted by Crippen LogP contribution is 2.17. The summed E-state index contributed by atoms with van der Waals surface area (Å²) in [7, 11) is 0. The minimum absolute atomic E-state index is 0.0808. The number of nitrogens with zero attached hydrogens (tertiary/aromatic N) is 2. The van der Waals surface area contributed by atoms with Crippen molar-refractivity contribution in [2.75, 3.05) is 13.1 Å². The first kappa shape index (κ1) is 11.1. The molecule has 0 aromatic heterocycles.